The van der Waals surface area contributed by atoms with E-state index in [1.807, 2.05) is 18.3 Å². The summed E-state index contributed by atoms with van der Waals surface area (Å²) in [6, 6.07) is 8.19. The Morgan fingerprint density at radius 1 is 1.14 bits per heavy atom. The Hall–Kier alpha value is -1.88. The number of alkyl halides is 3. The SMILES string of the molecule is FC(F)(F)C1=CCN(CCc2ccc3cnccc3c2)CC1. The van der Waals surface area contributed by atoms with Crippen molar-refractivity contribution >= 4 is 10.8 Å². The number of benzene rings is 1. The molecule has 0 amide bonds. The Balaban J connectivity index is 1.60. The molecule has 3 rings (SSSR count). The average Bonchev–Trinajstić information content (AvgIpc) is 2.52. The van der Waals surface area contributed by atoms with Crippen molar-refractivity contribution in [3.05, 3.63) is 53.9 Å². The van der Waals surface area contributed by atoms with Gasteiger partial charge in [0.1, 0.15) is 0 Å². The van der Waals surface area contributed by atoms with E-state index < -0.39 is 6.18 Å². The van der Waals surface area contributed by atoms with Gasteiger partial charge >= 0.3 is 6.18 Å². The Labute approximate surface area is 127 Å². The molecule has 0 aliphatic carbocycles. The van der Waals surface area contributed by atoms with Gasteiger partial charge in [-0.2, -0.15) is 13.2 Å². The predicted octanol–water partition coefficient (Wildman–Crippen LogP) is 3.97. The summed E-state index contributed by atoms with van der Waals surface area (Å²) in [6.45, 7) is 1.63. The normalized spacial score (nSPS) is 16.8. The molecular weight excluding hydrogens is 289 g/mol. The van der Waals surface area contributed by atoms with Gasteiger partial charge in [0.05, 0.1) is 0 Å². The predicted molar refractivity (Wildman–Crippen MR) is 80.6 cm³/mol. The van der Waals surface area contributed by atoms with E-state index in [2.05, 4.69) is 22.0 Å². The first-order valence-electron chi connectivity index (χ1n) is 7.33. The molecule has 5 heteroatoms. The van der Waals surface area contributed by atoms with E-state index in [0.29, 0.717) is 13.1 Å². The first-order chi connectivity index (χ1) is 10.5. The molecule has 2 nitrogen and oxygen atoms in total. The summed E-state index contributed by atoms with van der Waals surface area (Å²) in [5, 5.41) is 2.24. The largest absolute Gasteiger partial charge is 0.412 e. The summed E-state index contributed by atoms with van der Waals surface area (Å²) in [5.74, 6) is 0. The van der Waals surface area contributed by atoms with Crippen LogP contribution in [0.3, 0.4) is 0 Å². The lowest BCUT2D eigenvalue weighted by Gasteiger charge is -2.27. The van der Waals surface area contributed by atoms with Gasteiger partial charge in [0.15, 0.2) is 0 Å². The van der Waals surface area contributed by atoms with Gasteiger partial charge in [-0.15, -0.1) is 0 Å². The van der Waals surface area contributed by atoms with E-state index in [4.69, 9.17) is 0 Å². The molecule has 1 aromatic heterocycles. The third kappa shape index (κ3) is 3.47. The van der Waals surface area contributed by atoms with Crippen LogP contribution in [-0.4, -0.2) is 35.7 Å². The highest BCUT2D eigenvalue weighted by Crippen LogP contribution is 2.30. The standard InChI is InChI=1S/C17H17F3N2/c18-17(19,20)16-5-9-22(10-6-16)8-4-13-1-2-15-12-21-7-3-14(15)11-13/h1-3,5,7,11-12H,4,6,8-10H2. The van der Waals surface area contributed by atoms with Gasteiger partial charge in [0, 0.05) is 43.0 Å². The molecule has 0 atom stereocenters. The molecule has 0 N–H and O–H groups in total. The summed E-state index contributed by atoms with van der Waals surface area (Å²) < 4.78 is 37.7. The lowest BCUT2D eigenvalue weighted by atomic mass is 10.0. The fourth-order valence-electron chi connectivity index (χ4n) is 2.75. The molecule has 1 aliphatic heterocycles. The van der Waals surface area contributed by atoms with Crippen molar-refractivity contribution in [1.82, 2.24) is 9.88 Å². The smallest absolute Gasteiger partial charge is 0.299 e. The van der Waals surface area contributed by atoms with E-state index in [0.717, 1.165) is 23.7 Å². The Morgan fingerprint density at radius 3 is 2.73 bits per heavy atom. The number of hydrogen-bond acceptors (Lipinski definition) is 2. The van der Waals surface area contributed by atoms with Crippen molar-refractivity contribution in [2.45, 2.75) is 19.0 Å². The van der Waals surface area contributed by atoms with Gasteiger partial charge in [-0.05, 0) is 29.9 Å². The van der Waals surface area contributed by atoms with Gasteiger partial charge in [-0.3, -0.25) is 9.88 Å². The molecule has 0 radical (unpaired) electrons. The Bertz CT molecular complexity index is 692. The second kappa shape index (κ2) is 6.08. The van der Waals surface area contributed by atoms with Crippen molar-refractivity contribution in [2.24, 2.45) is 0 Å². The molecule has 0 saturated carbocycles. The third-order valence-electron chi connectivity index (χ3n) is 4.08. The van der Waals surface area contributed by atoms with Crippen molar-refractivity contribution in [3.63, 3.8) is 0 Å². The Morgan fingerprint density at radius 2 is 2.00 bits per heavy atom. The second-order valence-corrected chi connectivity index (χ2v) is 5.58. The van der Waals surface area contributed by atoms with Gasteiger partial charge in [0.25, 0.3) is 0 Å². The van der Waals surface area contributed by atoms with E-state index >= 15 is 0 Å². The maximum absolute atomic E-state index is 12.6. The maximum Gasteiger partial charge on any atom is 0.412 e. The monoisotopic (exact) mass is 306 g/mol. The molecule has 0 fully saturated rings. The van der Waals surface area contributed by atoms with Crippen molar-refractivity contribution in [2.75, 3.05) is 19.6 Å². The number of fused-ring (bicyclic) bond motifs is 1. The molecule has 2 aromatic rings. The zero-order valence-electron chi connectivity index (χ0n) is 12.1. The number of rotatable bonds is 3. The second-order valence-electron chi connectivity index (χ2n) is 5.58. The van der Waals surface area contributed by atoms with Gasteiger partial charge < -0.3 is 0 Å². The van der Waals surface area contributed by atoms with Crippen LogP contribution < -0.4 is 0 Å². The topological polar surface area (TPSA) is 16.1 Å². The first-order valence-corrected chi connectivity index (χ1v) is 7.33. The van der Waals surface area contributed by atoms with Crippen LogP contribution >= 0.6 is 0 Å². The van der Waals surface area contributed by atoms with Crippen LogP contribution in [0.4, 0.5) is 13.2 Å². The highest BCUT2D eigenvalue weighted by atomic mass is 19.4. The van der Waals surface area contributed by atoms with Crippen molar-refractivity contribution in [1.29, 1.82) is 0 Å². The van der Waals surface area contributed by atoms with Gasteiger partial charge in [-0.25, -0.2) is 0 Å². The van der Waals surface area contributed by atoms with Gasteiger partial charge in [0.2, 0.25) is 0 Å². The molecule has 1 aliphatic rings. The van der Waals surface area contributed by atoms with Crippen LogP contribution in [0.25, 0.3) is 10.8 Å². The van der Waals surface area contributed by atoms with E-state index in [1.165, 1.54) is 11.6 Å². The zero-order chi connectivity index (χ0) is 15.6. The van der Waals surface area contributed by atoms with Gasteiger partial charge in [-0.1, -0.05) is 24.3 Å². The fourth-order valence-corrected chi connectivity index (χ4v) is 2.75. The van der Waals surface area contributed by atoms with Crippen LogP contribution in [0, 0.1) is 0 Å². The van der Waals surface area contributed by atoms with Crippen LogP contribution in [0.2, 0.25) is 0 Å². The third-order valence-corrected chi connectivity index (χ3v) is 4.08. The van der Waals surface area contributed by atoms with Crippen LogP contribution in [0.1, 0.15) is 12.0 Å². The summed E-state index contributed by atoms with van der Waals surface area (Å²) in [4.78, 5) is 6.14. The molecule has 22 heavy (non-hydrogen) atoms. The van der Waals surface area contributed by atoms with Crippen LogP contribution in [0.5, 0.6) is 0 Å². The summed E-state index contributed by atoms with van der Waals surface area (Å²) >= 11 is 0. The summed E-state index contributed by atoms with van der Waals surface area (Å²) in [5.41, 5.74) is 0.811. The highest BCUT2D eigenvalue weighted by molar-refractivity contribution is 5.81. The molecule has 2 heterocycles. The quantitative estimate of drug-likeness (QED) is 0.798. The van der Waals surface area contributed by atoms with Crippen molar-refractivity contribution in [3.8, 4) is 0 Å². The molecule has 0 bridgehead atoms. The molecule has 0 unspecified atom stereocenters. The molecule has 1 aromatic carbocycles. The van der Waals surface area contributed by atoms with E-state index in [-0.39, 0.29) is 12.0 Å². The summed E-state index contributed by atoms with van der Waals surface area (Å²) in [7, 11) is 0. The van der Waals surface area contributed by atoms with Crippen LogP contribution in [0.15, 0.2) is 48.3 Å². The molecule has 0 saturated heterocycles. The summed E-state index contributed by atoms with van der Waals surface area (Å²) in [6.07, 6.45) is 1.67. The van der Waals surface area contributed by atoms with E-state index in [9.17, 15) is 13.2 Å². The average molecular weight is 306 g/mol. The first kappa shape index (κ1) is 15.0. The minimum absolute atomic E-state index is 0.0902. The molecular formula is C17H17F3N2. The highest BCUT2D eigenvalue weighted by Gasteiger charge is 2.34. The number of pyridine rings is 1. The minimum atomic E-state index is -4.17. The maximum atomic E-state index is 12.6. The number of hydrogen-bond donors (Lipinski definition) is 0. The fraction of sp³-hybridized carbons (Fsp3) is 0.353. The minimum Gasteiger partial charge on any atom is -0.299 e. The van der Waals surface area contributed by atoms with E-state index in [1.54, 1.807) is 6.20 Å². The zero-order valence-corrected chi connectivity index (χ0v) is 12.1. The lowest BCUT2D eigenvalue weighted by Crippen LogP contribution is -2.33. The number of aromatic nitrogens is 1. The molecule has 116 valence electrons. The van der Waals surface area contributed by atoms with Crippen molar-refractivity contribution < 1.29 is 13.2 Å². The Kier molecular flexibility index (Phi) is 4.16. The lowest BCUT2D eigenvalue weighted by molar-refractivity contribution is -0.0959. The number of nitrogens with zero attached hydrogens (tertiary/aromatic N) is 2. The van der Waals surface area contributed by atoms with Crippen LogP contribution in [-0.2, 0) is 6.42 Å². The number of halogens is 3. The molecule has 0 spiro atoms.